The van der Waals surface area contributed by atoms with Crippen molar-refractivity contribution < 1.29 is 18.0 Å². The van der Waals surface area contributed by atoms with Gasteiger partial charge in [-0.05, 0) is 19.1 Å². The van der Waals surface area contributed by atoms with Gasteiger partial charge in [0.1, 0.15) is 5.92 Å². The van der Waals surface area contributed by atoms with Crippen LogP contribution in [0, 0.1) is 5.92 Å². The van der Waals surface area contributed by atoms with Crippen LogP contribution in [0.5, 0.6) is 0 Å². The van der Waals surface area contributed by atoms with Gasteiger partial charge in [-0.2, -0.15) is 0 Å². The van der Waals surface area contributed by atoms with Crippen LogP contribution in [0.2, 0.25) is 0 Å². The van der Waals surface area contributed by atoms with Gasteiger partial charge in [-0.1, -0.05) is 18.2 Å². The zero-order valence-electron chi connectivity index (χ0n) is 9.08. The van der Waals surface area contributed by atoms with Gasteiger partial charge in [-0.15, -0.1) is 0 Å². The summed E-state index contributed by atoms with van der Waals surface area (Å²) in [6.45, 7) is 1.23. The minimum absolute atomic E-state index is 0.0509. The lowest BCUT2D eigenvalue weighted by Gasteiger charge is -2.09. The summed E-state index contributed by atoms with van der Waals surface area (Å²) in [5.41, 5.74) is 4.90. The standard InChI is InChI=1S/C10H12N2O4S/c1-7(9(11)13)10(14)12-17(15,16)8-5-3-2-4-6-8/h2-7H,1H3,(H2,11,13)(H,12,14). The van der Waals surface area contributed by atoms with Crippen LogP contribution in [0.4, 0.5) is 0 Å². The Morgan fingerprint density at radius 1 is 1.24 bits per heavy atom. The van der Waals surface area contributed by atoms with E-state index in [0.29, 0.717) is 0 Å². The first kappa shape index (κ1) is 13.2. The van der Waals surface area contributed by atoms with Crippen LogP contribution in [0.25, 0.3) is 0 Å². The topological polar surface area (TPSA) is 106 Å². The minimum Gasteiger partial charge on any atom is -0.369 e. The van der Waals surface area contributed by atoms with E-state index in [2.05, 4.69) is 0 Å². The van der Waals surface area contributed by atoms with E-state index in [1.54, 1.807) is 10.8 Å². The lowest BCUT2D eigenvalue weighted by molar-refractivity contribution is -0.131. The molecule has 0 saturated heterocycles. The number of sulfonamides is 1. The second-order valence-corrected chi connectivity index (χ2v) is 5.09. The molecule has 6 nitrogen and oxygen atoms in total. The van der Waals surface area contributed by atoms with Crippen LogP contribution in [0.1, 0.15) is 6.92 Å². The average Bonchev–Trinajstić information content (AvgIpc) is 2.28. The van der Waals surface area contributed by atoms with Crippen LogP contribution >= 0.6 is 0 Å². The number of hydrogen-bond acceptors (Lipinski definition) is 4. The molecule has 0 saturated carbocycles. The quantitative estimate of drug-likeness (QED) is 0.715. The van der Waals surface area contributed by atoms with E-state index in [4.69, 9.17) is 5.73 Å². The van der Waals surface area contributed by atoms with Gasteiger partial charge in [0.25, 0.3) is 10.0 Å². The van der Waals surface area contributed by atoms with Crippen LogP contribution in [0.15, 0.2) is 35.2 Å². The molecular formula is C10H12N2O4S. The zero-order valence-corrected chi connectivity index (χ0v) is 9.90. The van der Waals surface area contributed by atoms with Crippen molar-refractivity contribution >= 4 is 21.8 Å². The molecule has 1 aromatic carbocycles. The predicted molar refractivity (Wildman–Crippen MR) is 60.1 cm³/mol. The monoisotopic (exact) mass is 256 g/mol. The zero-order chi connectivity index (χ0) is 13.1. The smallest absolute Gasteiger partial charge is 0.264 e. The van der Waals surface area contributed by atoms with Crippen molar-refractivity contribution in [2.45, 2.75) is 11.8 Å². The Morgan fingerprint density at radius 2 is 1.76 bits per heavy atom. The van der Waals surface area contributed by atoms with Gasteiger partial charge in [-0.3, -0.25) is 9.59 Å². The lowest BCUT2D eigenvalue weighted by Crippen LogP contribution is -2.40. The summed E-state index contributed by atoms with van der Waals surface area (Å²) in [6, 6.07) is 7.37. The summed E-state index contributed by atoms with van der Waals surface area (Å²) in [5, 5.41) is 0. The minimum atomic E-state index is -3.95. The second kappa shape index (κ2) is 4.96. The molecule has 92 valence electrons. The molecule has 3 N–H and O–H groups in total. The Bertz CT molecular complexity index is 524. The number of benzene rings is 1. The summed E-state index contributed by atoms with van der Waals surface area (Å²) < 4.78 is 25.2. The Kier molecular flexibility index (Phi) is 3.84. The molecule has 0 aliphatic carbocycles. The van der Waals surface area contributed by atoms with E-state index < -0.39 is 27.8 Å². The molecule has 0 aromatic heterocycles. The largest absolute Gasteiger partial charge is 0.369 e. The van der Waals surface area contributed by atoms with E-state index in [1.165, 1.54) is 31.2 Å². The van der Waals surface area contributed by atoms with Gasteiger partial charge in [0.05, 0.1) is 4.90 Å². The maximum Gasteiger partial charge on any atom is 0.264 e. The van der Waals surface area contributed by atoms with Crippen LogP contribution in [-0.2, 0) is 19.6 Å². The molecular weight excluding hydrogens is 244 g/mol. The third-order valence-corrected chi connectivity index (χ3v) is 3.47. The van der Waals surface area contributed by atoms with E-state index in [9.17, 15) is 18.0 Å². The number of rotatable bonds is 4. The maximum atomic E-state index is 11.7. The highest BCUT2D eigenvalue weighted by Gasteiger charge is 2.24. The molecule has 2 amide bonds. The Morgan fingerprint density at radius 3 is 2.24 bits per heavy atom. The number of nitrogens with two attached hydrogens (primary N) is 1. The fourth-order valence-corrected chi connectivity index (χ4v) is 2.08. The molecule has 0 heterocycles. The number of amides is 2. The maximum absolute atomic E-state index is 11.7. The van der Waals surface area contributed by atoms with Gasteiger partial charge in [-0.25, -0.2) is 13.1 Å². The normalized spacial score (nSPS) is 12.8. The Labute approximate surface area is 98.9 Å². The van der Waals surface area contributed by atoms with E-state index in [0.717, 1.165) is 0 Å². The van der Waals surface area contributed by atoms with Gasteiger partial charge in [0.15, 0.2) is 0 Å². The Balaban J connectivity index is 2.89. The molecule has 0 spiro atoms. The van der Waals surface area contributed by atoms with Gasteiger partial charge < -0.3 is 5.73 Å². The number of carbonyl (C=O) groups is 2. The molecule has 1 aromatic rings. The summed E-state index contributed by atoms with van der Waals surface area (Å²) in [7, 11) is -3.95. The predicted octanol–water partition coefficient (Wildman–Crippen LogP) is -0.387. The van der Waals surface area contributed by atoms with Crippen molar-refractivity contribution in [1.29, 1.82) is 0 Å². The van der Waals surface area contributed by atoms with E-state index in [1.807, 2.05) is 0 Å². The lowest BCUT2D eigenvalue weighted by atomic mass is 10.2. The van der Waals surface area contributed by atoms with Crippen molar-refractivity contribution in [3.05, 3.63) is 30.3 Å². The Hall–Kier alpha value is -1.89. The summed E-state index contributed by atoms with van der Waals surface area (Å²) in [5.74, 6) is -3.03. The van der Waals surface area contributed by atoms with Gasteiger partial charge in [0.2, 0.25) is 11.8 Å². The highest BCUT2D eigenvalue weighted by atomic mass is 32.2. The van der Waals surface area contributed by atoms with Crippen molar-refractivity contribution in [3.63, 3.8) is 0 Å². The molecule has 0 bridgehead atoms. The van der Waals surface area contributed by atoms with Crippen LogP contribution < -0.4 is 10.5 Å². The molecule has 17 heavy (non-hydrogen) atoms. The molecule has 0 fully saturated rings. The van der Waals surface area contributed by atoms with E-state index in [-0.39, 0.29) is 4.90 Å². The molecule has 1 unspecified atom stereocenters. The summed E-state index contributed by atoms with van der Waals surface area (Å²) >= 11 is 0. The number of nitrogens with one attached hydrogen (secondary N) is 1. The molecule has 1 rings (SSSR count). The number of carbonyl (C=O) groups excluding carboxylic acids is 2. The fourth-order valence-electron chi connectivity index (χ4n) is 1.01. The summed E-state index contributed by atoms with van der Waals surface area (Å²) in [4.78, 5) is 22.1. The van der Waals surface area contributed by atoms with Crippen molar-refractivity contribution in [2.24, 2.45) is 11.7 Å². The second-order valence-electron chi connectivity index (χ2n) is 3.41. The molecule has 1 atom stereocenters. The first-order valence-electron chi connectivity index (χ1n) is 4.75. The first-order valence-corrected chi connectivity index (χ1v) is 6.24. The molecule has 7 heteroatoms. The average molecular weight is 256 g/mol. The molecule has 0 aliphatic rings. The SMILES string of the molecule is CC(C(N)=O)C(=O)NS(=O)(=O)c1ccccc1. The first-order chi connectivity index (χ1) is 7.84. The highest BCUT2D eigenvalue weighted by Crippen LogP contribution is 2.08. The highest BCUT2D eigenvalue weighted by molar-refractivity contribution is 7.90. The fraction of sp³-hybridized carbons (Fsp3) is 0.200. The molecule has 0 radical (unpaired) electrons. The van der Waals surface area contributed by atoms with Gasteiger partial charge in [0, 0.05) is 0 Å². The number of primary amides is 1. The molecule has 0 aliphatic heterocycles. The van der Waals surface area contributed by atoms with Crippen LogP contribution in [-0.4, -0.2) is 20.2 Å². The van der Waals surface area contributed by atoms with E-state index >= 15 is 0 Å². The van der Waals surface area contributed by atoms with Crippen molar-refractivity contribution in [1.82, 2.24) is 4.72 Å². The van der Waals surface area contributed by atoms with Crippen molar-refractivity contribution in [2.75, 3.05) is 0 Å². The van der Waals surface area contributed by atoms with Gasteiger partial charge >= 0.3 is 0 Å². The third kappa shape index (κ3) is 3.28. The summed E-state index contributed by atoms with van der Waals surface area (Å²) in [6.07, 6.45) is 0. The van der Waals surface area contributed by atoms with Crippen molar-refractivity contribution in [3.8, 4) is 0 Å². The van der Waals surface area contributed by atoms with Crippen LogP contribution in [0.3, 0.4) is 0 Å². The number of hydrogen-bond donors (Lipinski definition) is 2. The third-order valence-electron chi connectivity index (χ3n) is 2.11.